The fraction of sp³-hybridized carbons (Fsp3) is 0.600. The Bertz CT molecular complexity index is 710. The van der Waals surface area contributed by atoms with Crippen LogP contribution in [-0.2, 0) is 16.0 Å². The Morgan fingerprint density at radius 1 is 1.13 bits per heavy atom. The molecule has 2 aliphatic rings. The summed E-state index contributed by atoms with van der Waals surface area (Å²) in [5, 5.41) is -1.09. The van der Waals surface area contributed by atoms with E-state index >= 15 is 0 Å². The molecule has 0 radical (unpaired) electrons. The smallest absolute Gasteiger partial charge is 0.292 e. The molecular formula is C15H16F3NO3S. The number of sulfone groups is 1. The number of nitrogens with zero attached hydrogens (tertiary/aromatic N) is 1. The normalized spacial score (nSPS) is 30.0. The van der Waals surface area contributed by atoms with E-state index in [1.54, 1.807) is 0 Å². The van der Waals surface area contributed by atoms with E-state index in [1.807, 2.05) is 0 Å². The Balaban J connectivity index is 1.85. The number of carbonyl (C=O) groups excluding carboxylic acids is 1. The lowest BCUT2D eigenvalue weighted by Crippen LogP contribution is -2.45. The van der Waals surface area contributed by atoms with Crippen molar-refractivity contribution in [2.24, 2.45) is 5.92 Å². The first-order valence-electron chi connectivity index (χ1n) is 7.51. The number of rotatable bonds is 2. The maximum absolute atomic E-state index is 12.7. The first-order chi connectivity index (χ1) is 10.7. The van der Waals surface area contributed by atoms with Gasteiger partial charge >= 0.3 is 6.18 Å². The number of Topliss-reactive ketones (excluding diaryl/α,β-unsaturated/α-hetero) is 1. The lowest BCUT2D eigenvalue weighted by Gasteiger charge is -2.38. The highest BCUT2D eigenvalue weighted by Crippen LogP contribution is 2.40. The van der Waals surface area contributed by atoms with Gasteiger partial charge in [-0.15, -0.1) is 0 Å². The minimum absolute atomic E-state index is 0.190. The standard InChI is InChI=1S/C15H16F3NO3S/c16-15(17,18)13-6-2-5-12(19-13)14(20)9-7-10-3-1-4-11(8-9)23(10,21)22/h2,5-6,9-11H,1,3-4,7-8H2. The van der Waals surface area contributed by atoms with Crippen molar-refractivity contribution < 1.29 is 26.4 Å². The summed E-state index contributed by atoms with van der Waals surface area (Å²) >= 11 is 0. The molecule has 0 aliphatic carbocycles. The van der Waals surface area contributed by atoms with Gasteiger partial charge in [0.2, 0.25) is 0 Å². The average Bonchev–Trinajstić information content (AvgIpc) is 2.44. The van der Waals surface area contributed by atoms with Crippen LogP contribution >= 0.6 is 0 Å². The van der Waals surface area contributed by atoms with E-state index in [9.17, 15) is 26.4 Å². The Hall–Kier alpha value is -1.44. The molecule has 1 aromatic heterocycles. The fourth-order valence-corrected chi connectivity index (χ4v) is 6.10. The monoisotopic (exact) mass is 347 g/mol. The molecular weight excluding hydrogens is 331 g/mol. The van der Waals surface area contributed by atoms with Crippen LogP contribution in [0.5, 0.6) is 0 Å². The summed E-state index contributed by atoms with van der Waals surface area (Å²) in [7, 11) is -3.20. The molecule has 0 spiro atoms. The second-order valence-electron chi connectivity index (χ2n) is 6.20. The van der Waals surface area contributed by atoms with Gasteiger partial charge in [-0.2, -0.15) is 13.2 Å². The highest BCUT2D eigenvalue weighted by molar-refractivity contribution is 7.92. The number of ketones is 1. The van der Waals surface area contributed by atoms with Gasteiger partial charge in [0.25, 0.3) is 0 Å². The fourth-order valence-electron chi connectivity index (χ4n) is 3.56. The summed E-state index contributed by atoms with van der Waals surface area (Å²) in [5.41, 5.74) is -1.34. The summed E-state index contributed by atoms with van der Waals surface area (Å²) in [4.78, 5) is 15.9. The Morgan fingerprint density at radius 2 is 1.74 bits per heavy atom. The highest BCUT2D eigenvalue weighted by Gasteiger charge is 2.46. The van der Waals surface area contributed by atoms with E-state index in [1.165, 1.54) is 6.07 Å². The average molecular weight is 347 g/mol. The summed E-state index contributed by atoms with van der Waals surface area (Å²) in [6.07, 6.45) is -2.36. The van der Waals surface area contributed by atoms with Gasteiger partial charge in [-0.05, 0) is 37.8 Å². The van der Waals surface area contributed by atoms with Crippen molar-refractivity contribution in [3.63, 3.8) is 0 Å². The Labute approximate surface area is 132 Å². The maximum Gasteiger partial charge on any atom is 0.433 e. The van der Waals surface area contributed by atoms with E-state index in [-0.39, 0.29) is 18.5 Å². The second kappa shape index (κ2) is 5.58. The van der Waals surface area contributed by atoms with Crippen molar-refractivity contribution in [2.75, 3.05) is 0 Å². The number of aromatic nitrogens is 1. The molecule has 2 fully saturated rings. The minimum Gasteiger partial charge on any atom is -0.292 e. The highest BCUT2D eigenvalue weighted by atomic mass is 32.2. The van der Waals surface area contributed by atoms with Gasteiger partial charge in [0.05, 0.1) is 10.5 Å². The molecule has 0 amide bonds. The molecule has 126 valence electrons. The minimum atomic E-state index is -4.61. The summed E-state index contributed by atoms with van der Waals surface area (Å²) in [6.45, 7) is 0. The molecule has 3 rings (SSSR count). The lowest BCUT2D eigenvalue weighted by atomic mass is 9.85. The molecule has 2 aliphatic heterocycles. The first-order valence-corrected chi connectivity index (χ1v) is 9.11. The molecule has 0 N–H and O–H groups in total. The number of carbonyl (C=O) groups is 1. The Morgan fingerprint density at radius 3 is 2.30 bits per heavy atom. The zero-order valence-electron chi connectivity index (χ0n) is 12.2. The van der Waals surface area contributed by atoms with Crippen LogP contribution in [0.1, 0.15) is 48.3 Å². The predicted octanol–water partition coefficient (Wildman–Crippen LogP) is 3.03. The number of fused-ring (bicyclic) bond motifs is 2. The molecule has 8 heteroatoms. The van der Waals surface area contributed by atoms with Crippen molar-refractivity contribution in [3.05, 3.63) is 29.6 Å². The van der Waals surface area contributed by atoms with Crippen molar-refractivity contribution in [2.45, 2.75) is 48.8 Å². The third kappa shape index (κ3) is 3.00. The van der Waals surface area contributed by atoms with Crippen molar-refractivity contribution in [3.8, 4) is 0 Å². The largest absolute Gasteiger partial charge is 0.433 e. The van der Waals surface area contributed by atoms with Crippen LogP contribution < -0.4 is 0 Å². The van der Waals surface area contributed by atoms with Crippen LogP contribution in [0.4, 0.5) is 13.2 Å². The first kappa shape index (κ1) is 16.4. The third-order valence-corrected chi connectivity index (χ3v) is 7.45. The number of hydrogen-bond donors (Lipinski definition) is 0. The van der Waals surface area contributed by atoms with Gasteiger partial charge in [0.1, 0.15) is 11.4 Å². The second-order valence-corrected chi connectivity index (χ2v) is 8.71. The van der Waals surface area contributed by atoms with E-state index in [4.69, 9.17) is 0 Å². The number of halogens is 3. The van der Waals surface area contributed by atoms with E-state index < -0.39 is 43.9 Å². The van der Waals surface area contributed by atoms with Crippen molar-refractivity contribution >= 4 is 15.6 Å². The molecule has 2 unspecified atom stereocenters. The lowest BCUT2D eigenvalue weighted by molar-refractivity contribution is -0.141. The van der Waals surface area contributed by atoms with Gasteiger partial charge in [-0.3, -0.25) is 4.79 Å². The molecule has 0 saturated carbocycles. The maximum atomic E-state index is 12.7. The van der Waals surface area contributed by atoms with E-state index in [2.05, 4.69) is 4.98 Å². The van der Waals surface area contributed by atoms with Gasteiger partial charge in [0.15, 0.2) is 15.6 Å². The van der Waals surface area contributed by atoms with E-state index in [0.29, 0.717) is 12.8 Å². The summed E-state index contributed by atoms with van der Waals surface area (Å²) in [5.74, 6) is -1.05. The van der Waals surface area contributed by atoms with Crippen LogP contribution in [0, 0.1) is 5.92 Å². The number of pyridine rings is 1. The molecule has 1 aromatic rings. The SMILES string of the molecule is O=C(c1cccc(C(F)(F)F)n1)C1CC2CCCC(C1)S2(=O)=O. The van der Waals surface area contributed by atoms with Crippen molar-refractivity contribution in [1.82, 2.24) is 4.98 Å². The van der Waals surface area contributed by atoms with Crippen LogP contribution in [0.15, 0.2) is 18.2 Å². The van der Waals surface area contributed by atoms with E-state index in [0.717, 1.165) is 18.6 Å². The van der Waals surface area contributed by atoms with Gasteiger partial charge in [0, 0.05) is 5.92 Å². The predicted molar refractivity (Wildman–Crippen MR) is 76.6 cm³/mol. The molecule has 2 atom stereocenters. The topological polar surface area (TPSA) is 64.1 Å². The van der Waals surface area contributed by atoms with Gasteiger partial charge in [-0.25, -0.2) is 13.4 Å². The number of hydrogen-bond acceptors (Lipinski definition) is 4. The van der Waals surface area contributed by atoms with Crippen LogP contribution in [0.2, 0.25) is 0 Å². The van der Waals surface area contributed by atoms with Crippen LogP contribution in [0.25, 0.3) is 0 Å². The third-order valence-electron chi connectivity index (χ3n) is 4.74. The summed E-state index contributed by atoms with van der Waals surface area (Å²) in [6, 6.07) is 3.23. The van der Waals surface area contributed by atoms with Gasteiger partial charge < -0.3 is 0 Å². The molecule has 2 saturated heterocycles. The van der Waals surface area contributed by atoms with Crippen LogP contribution in [0.3, 0.4) is 0 Å². The molecule has 4 nitrogen and oxygen atoms in total. The van der Waals surface area contributed by atoms with Crippen molar-refractivity contribution in [1.29, 1.82) is 0 Å². The number of alkyl halides is 3. The van der Waals surface area contributed by atoms with Gasteiger partial charge in [-0.1, -0.05) is 12.5 Å². The molecule has 0 aromatic carbocycles. The zero-order chi connectivity index (χ0) is 16.8. The summed E-state index contributed by atoms with van der Waals surface area (Å²) < 4.78 is 62.5. The molecule has 2 bridgehead atoms. The molecule has 23 heavy (non-hydrogen) atoms. The Kier molecular flexibility index (Phi) is 3.98. The van der Waals surface area contributed by atoms with Crippen LogP contribution in [-0.4, -0.2) is 29.7 Å². The zero-order valence-corrected chi connectivity index (χ0v) is 13.0. The quantitative estimate of drug-likeness (QED) is 0.772. The molecule has 3 heterocycles.